The average Bonchev–Trinajstić information content (AvgIpc) is 3.39. The molecule has 2 saturated carbocycles. The summed E-state index contributed by atoms with van der Waals surface area (Å²) in [6.45, 7) is 0.361. The van der Waals surface area contributed by atoms with Gasteiger partial charge in [-0.05, 0) is 38.3 Å². The van der Waals surface area contributed by atoms with Gasteiger partial charge in [-0.1, -0.05) is 43.2 Å². The van der Waals surface area contributed by atoms with E-state index in [-0.39, 0.29) is 12.1 Å². The van der Waals surface area contributed by atoms with Crippen LogP contribution in [0.3, 0.4) is 0 Å². The minimum absolute atomic E-state index is 0.140. The molecule has 0 aliphatic heterocycles. The molecular weight excluding hydrogens is 276 g/mol. The minimum atomic E-state index is -0.140. The molecule has 0 unspecified atom stereocenters. The van der Waals surface area contributed by atoms with Crippen LogP contribution in [0.5, 0.6) is 0 Å². The molecular formula is C18H26N2O2. The number of rotatable bonds is 5. The predicted molar refractivity (Wildman–Crippen MR) is 86.6 cm³/mol. The van der Waals surface area contributed by atoms with Gasteiger partial charge in [0.15, 0.2) is 0 Å². The van der Waals surface area contributed by atoms with Gasteiger partial charge in [0.05, 0.1) is 6.04 Å². The van der Waals surface area contributed by atoms with Crippen LogP contribution in [0.2, 0.25) is 0 Å². The Labute approximate surface area is 132 Å². The van der Waals surface area contributed by atoms with Crippen molar-refractivity contribution in [3.8, 4) is 0 Å². The van der Waals surface area contributed by atoms with Gasteiger partial charge in [0.1, 0.15) is 6.61 Å². The molecule has 1 aromatic rings. The monoisotopic (exact) mass is 302 g/mol. The van der Waals surface area contributed by atoms with Gasteiger partial charge in [-0.25, -0.2) is 4.79 Å². The number of hydrogen-bond donors (Lipinski definition) is 1. The molecule has 4 heteroatoms. The molecule has 0 radical (unpaired) electrons. The van der Waals surface area contributed by atoms with E-state index in [9.17, 15) is 4.79 Å². The molecule has 3 rings (SSSR count). The summed E-state index contributed by atoms with van der Waals surface area (Å²) in [6, 6.07) is 11.0. The first kappa shape index (κ1) is 15.3. The highest BCUT2D eigenvalue weighted by molar-refractivity contribution is 5.69. The third kappa shape index (κ3) is 3.61. The highest BCUT2D eigenvalue weighted by Gasteiger charge is 2.41. The zero-order chi connectivity index (χ0) is 15.4. The maximum Gasteiger partial charge on any atom is 0.410 e. The van der Waals surface area contributed by atoms with Crippen molar-refractivity contribution in [3.63, 3.8) is 0 Å². The Morgan fingerprint density at radius 3 is 2.59 bits per heavy atom. The van der Waals surface area contributed by atoms with Crippen molar-refractivity contribution in [2.45, 2.75) is 63.3 Å². The number of carbonyl (C=O) groups is 1. The van der Waals surface area contributed by atoms with Gasteiger partial charge in [-0.2, -0.15) is 0 Å². The summed E-state index contributed by atoms with van der Waals surface area (Å²) < 4.78 is 5.60. The Balaban J connectivity index is 1.64. The van der Waals surface area contributed by atoms with Crippen molar-refractivity contribution < 1.29 is 9.53 Å². The second kappa shape index (κ2) is 7.14. The largest absolute Gasteiger partial charge is 0.445 e. The summed E-state index contributed by atoms with van der Waals surface area (Å²) in [4.78, 5) is 14.7. The van der Waals surface area contributed by atoms with E-state index in [0.29, 0.717) is 18.7 Å². The zero-order valence-corrected chi connectivity index (χ0v) is 13.3. The van der Waals surface area contributed by atoms with E-state index in [4.69, 9.17) is 4.74 Å². The number of nitrogens with one attached hydrogen (secondary N) is 1. The van der Waals surface area contributed by atoms with E-state index in [1.807, 2.05) is 42.3 Å². The number of ether oxygens (including phenoxy) is 1. The molecule has 1 amide bonds. The lowest BCUT2D eigenvalue weighted by molar-refractivity contribution is 0.0591. The van der Waals surface area contributed by atoms with Gasteiger partial charge >= 0.3 is 6.09 Å². The van der Waals surface area contributed by atoms with E-state index in [0.717, 1.165) is 31.2 Å². The van der Waals surface area contributed by atoms with Crippen LogP contribution >= 0.6 is 0 Å². The minimum Gasteiger partial charge on any atom is -0.445 e. The number of amides is 1. The quantitative estimate of drug-likeness (QED) is 0.907. The summed E-state index contributed by atoms with van der Waals surface area (Å²) in [6.07, 6.45) is 6.79. The fraction of sp³-hybridized carbons (Fsp3) is 0.611. The SMILES string of the molecule is CN[C@H]1CCCC[C@@H]1N(C(=O)OCc1ccccc1)C1CC1. The molecule has 2 atom stereocenters. The van der Waals surface area contributed by atoms with Crippen LogP contribution < -0.4 is 5.32 Å². The lowest BCUT2D eigenvalue weighted by Gasteiger charge is -2.39. The number of likely N-dealkylation sites (N-methyl/N-ethyl adjacent to an activating group) is 1. The summed E-state index contributed by atoms with van der Waals surface area (Å²) in [7, 11) is 2.00. The summed E-state index contributed by atoms with van der Waals surface area (Å²) in [5, 5.41) is 3.40. The number of carbonyl (C=O) groups excluding carboxylic acids is 1. The Morgan fingerprint density at radius 2 is 1.91 bits per heavy atom. The first-order valence-corrected chi connectivity index (χ1v) is 8.46. The molecule has 0 spiro atoms. The summed E-state index contributed by atoms with van der Waals surface area (Å²) in [5.74, 6) is 0. The smallest absolute Gasteiger partial charge is 0.410 e. The van der Waals surface area contributed by atoms with Crippen LogP contribution in [0, 0.1) is 0 Å². The molecule has 1 N–H and O–H groups in total. The van der Waals surface area contributed by atoms with Gasteiger partial charge in [0, 0.05) is 12.1 Å². The van der Waals surface area contributed by atoms with Gasteiger partial charge in [-0.15, -0.1) is 0 Å². The van der Waals surface area contributed by atoms with Crippen molar-refractivity contribution in [3.05, 3.63) is 35.9 Å². The topological polar surface area (TPSA) is 41.6 Å². The van der Waals surface area contributed by atoms with E-state index >= 15 is 0 Å². The second-order valence-corrected chi connectivity index (χ2v) is 6.43. The van der Waals surface area contributed by atoms with Crippen LogP contribution in [0.4, 0.5) is 4.79 Å². The third-order valence-corrected chi connectivity index (χ3v) is 4.81. The van der Waals surface area contributed by atoms with Crippen molar-refractivity contribution in [2.24, 2.45) is 0 Å². The highest BCUT2D eigenvalue weighted by atomic mass is 16.6. The first-order chi connectivity index (χ1) is 10.8. The lowest BCUT2D eigenvalue weighted by atomic mass is 9.89. The standard InChI is InChI=1S/C18H26N2O2/c1-19-16-9-5-6-10-17(16)20(15-11-12-15)18(21)22-13-14-7-3-2-4-8-14/h2-4,7-8,15-17,19H,5-6,9-13H2,1H3/t16-,17-/m0/s1. The average molecular weight is 302 g/mol. The molecule has 0 heterocycles. The molecule has 0 aromatic heterocycles. The maximum absolute atomic E-state index is 12.6. The molecule has 1 aromatic carbocycles. The van der Waals surface area contributed by atoms with Gasteiger partial charge < -0.3 is 15.0 Å². The number of nitrogens with zero attached hydrogens (tertiary/aromatic N) is 1. The van der Waals surface area contributed by atoms with Crippen LogP contribution in [0.15, 0.2) is 30.3 Å². The van der Waals surface area contributed by atoms with Gasteiger partial charge in [0.25, 0.3) is 0 Å². The van der Waals surface area contributed by atoms with Gasteiger partial charge in [-0.3, -0.25) is 0 Å². The van der Waals surface area contributed by atoms with Crippen molar-refractivity contribution in [1.29, 1.82) is 0 Å². The molecule has 0 bridgehead atoms. The molecule has 22 heavy (non-hydrogen) atoms. The van der Waals surface area contributed by atoms with E-state index < -0.39 is 0 Å². The molecule has 2 fully saturated rings. The van der Waals surface area contributed by atoms with E-state index in [1.54, 1.807) is 0 Å². The Kier molecular flexibility index (Phi) is 4.98. The maximum atomic E-state index is 12.6. The molecule has 120 valence electrons. The lowest BCUT2D eigenvalue weighted by Crippen LogP contribution is -2.54. The Hall–Kier alpha value is -1.55. The first-order valence-electron chi connectivity index (χ1n) is 8.46. The van der Waals surface area contributed by atoms with Crippen LogP contribution in [0.25, 0.3) is 0 Å². The van der Waals surface area contributed by atoms with Crippen molar-refractivity contribution >= 4 is 6.09 Å². The van der Waals surface area contributed by atoms with Gasteiger partial charge in [0.2, 0.25) is 0 Å². The highest BCUT2D eigenvalue weighted by Crippen LogP contribution is 2.34. The summed E-state index contributed by atoms with van der Waals surface area (Å²) >= 11 is 0. The van der Waals surface area contributed by atoms with E-state index in [2.05, 4.69) is 5.32 Å². The van der Waals surface area contributed by atoms with Crippen molar-refractivity contribution in [2.75, 3.05) is 7.05 Å². The molecule has 0 saturated heterocycles. The normalized spacial score (nSPS) is 24.8. The number of benzene rings is 1. The fourth-order valence-corrected chi connectivity index (χ4v) is 3.48. The second-order valence-electron chi connectivity index (χ2n) is 6.43. The molecule has 4 nitrogen and oxygen atoms in total. The third-order valence-electron chi connectivity index (χ3n) is 4.81. The Bertz CT molecular complexity index is 487. The van der Waals surface area contributed by atoms with Crippen LogP contribution in [0.1, 0.15) is 44.1 Å². The zero-order valence-electron chi connectivity index (χ0n) is 13.3. The predicted octanol–water partition coefficient (Wildman–Crippen LogP) is 3.32. The molecule has 2 aliphatic rings. The van der Waals surface area contributed by atoms with Crippen molar-refractivity contribution in [1.82, 2.24) is 10.2 Å². The summed E-state index contributed by atoms with van der Waals surface area (Å²) in [5.41, 5.74) is 1.04. The van der Waals surface area contributed by atoms with E-state index in [1.165, 1.54) is 12.8 Å². The van der Waals surface area contributed by atoms with Crippen LogP contribution in [-0.4, -0.2) is 36.2 Å². The molecule has 2 aliphatic carbocycles. The van der Waals surface area contributed by atoms with Crippen LogP contribution in [-0.2, 0) is 11.3 Å². The number of hydrogen-bond acceptors (Lipinski definition) is 3. The Morgan fingerprint density at radius 1 is 1.18 bits per heavy atom. The fourth-order valence-electron chi connectivity index (χ4n) is 3.48.